The SMILES string of the molecule is C/C=C(/OC(C=C(C)C)(CC)COCOC)O[Si](C)(C)C. The van der Waals surface area contributed by atoms with Crippen molar-refractivity contribution < 1.29 is 18.6 Å². The molecule has 0 rings (SSSR count). The normalized spacial score (nSPS) is 15.3. The van der Waals surface area contributed by atoms with Gasteiger partial charge in [-0.15, -0.1) is 0 Å². The highest BCUT2D eigenvalue weighted by atomic mass is 28.4. The van der Waals surface area contributed by atoms with Gasteiger partial charge in [-0.2, -0.15) is 0 Å². The molecule has 0 saturated carbocycles. The Kier molecular flexibility index (Phi) is 8.93. The largest absolute Gasteiger partial charge is 0.520 e. The van der Waals surface area contributed by atoms with Crippen LogP contribution in [-0.2, 0) is 18.6 Å². The number of rotatable bonds is 10. The van der Waals surface area contributed by atoms with Gasteiger partial charge < -0.3 is 18.6 Å². The molecule has 0 heterocycles. The van der Waals surface area contributed by atoms with Gasteiger partial charge in [0.05, 0.1) is 6.61 Å². The molecule has 0 saturated heterocycles. The molecule has 0 aromatic rings. The summed E-state index contributed by atoms with van der Waals surface area (Å²) in [6.07, 6.45) is 4.76. The summed E-state index contributed by atoms with van der Waals surface area (Å²) in [4.78, 5) is 0. The van der Waals surface area contributed by atoms with Crippen molar-refractivity contribution in [2.45, 2.75) is 59.4 Å². The Morgan fingerprint density at radius 2 is 1.81 bits per heavy atom. The summed E-state index contributed by atoms with van der Waals surface area (Å²) in [5, 5.41) is 0. The lowest BCUT2D eigenvalue weighted by Crippen LogP contribution is -2.38. The maximum absolute atomic E-state index is 6.19. The monoisotopic (exact) mass is 316 g/mol. The number of hydrogen-bond acceptors (Lipinski definition) is 4. The van der Waals surface area contributed by atoms with Gasteiger partial charge in [0.1, 0.15) is 6.79 Å². The van der Waals surface area contributed by atoms with E-state index < -0.39 is 13.9 Å². The van der Waals surface area contributed by atoms with Crippen LogP contribution in [0.5, 0.6) is 0 Å². The third kappa shape index (κ3) is 8.96. The Morgan fingerprint density at radius 1 is 1.19 bits per heavy atom. The van der Waals surface area contributed by atoms with Crippen molar-refractivity contribution in [3.05, 3.63) is 23.7 Å². The molecule has 4 nitrogen and oxygen atoms in total. The standard InChI is InChI=1S/C16H32O4Si/c1-9-15(20-21(6,7)8)19-16(10-2,11-14(3)4)12-18-13-17-5/h9,11H,10,12-13H2,1-8H3/b15-9-. The predicted octanol–water partition coefficient (Wildman–Crippen LogP) is 4.45. The van der Waals surface area contributed by atoms with E-state index in [1.165, 1.54) is 5.57 Å². The molecule has 0 aromatic heterocycles. The molecule has 0 aliphatic heterocycles. The lowest BCUT2D eigenvalue weighted by Gasteiger charge is -2.33. The minimum absolute atomic E-state index is 0.252. The van der Waals surface area contributed by atoms with Crippen LogP contribution in [0, 0.1) is 0 Å². The van der Waals surface area contributed by atoms with E-state index in [1.807, 2.05) is 13.0 Å². The van der Waals surface area contributed by atoms with Crippen molar-refractivity contribution in [3.63, 3.8) is 0 Å². The van der Waals surface area contributed by atoms with E-state index in [0.717, 1.165) is 6.42 Å². The predicted molar refractivity (Wildman–Crippen MR) is 89.6 cm³/mol. The molecule has 124 valence electrons. The summed E-state index contributed by atoms with van der Waals surface area (Å²) in [5.41, 5.74) is 0.653. The van der Waals surface area contributed by atoms with Crippen LogP contribution in [0.2, 0.25) is 19.6 Å². The van der Waals surface area contributed by atoms with E-state index in [2.05, 4.69) is 46.5 Å². The average Bonchev–Trinajstić information content (AvgIpc) is 2.35. The van der Waals surface area contributed by atoms with Gasteiger partial charge in [-0.1, -0.05) is 12.5 Å². The minimum atomic E-state index is -1.71. The van der Waals surface area contributed by atoms with Crippen LogP contribution in [0.15, 0.2) is 23.7 Å². The first-order chi connectivity index (χ1) is 9.68. The van der Waals surface area contributed by atoms with Gasteiger partial charge in [-0.25, -0.2) is 0 Å². The molecule has 1 unspecified atom stereocenters. The van der Waals surface area contributed by atoms with Crippen LogP contribution in [0.4, 0.5) is 0 Å². The van der Waals surface area contributed by atoms with E-state index in [1.54, 1.807) is 7.11 Å². The van der Waals surface area contributed by atoms with E-state index >= 15 is 0 Å². The third-order valence-electron chi connectivity index (χ3n) is 2.64. The van der Waals surface area contributed by atoms with Crippen molar-refractivity contribution in [2.75, 3.05) is 20.5 Å². The van der Waals surface area contributed by atoms with E-state index in [9.17, 15) is 0 Å². The third-order valence-corrected chi connectivity index (χ3v) is 3.46. The molecule has 21 heavy (non-hydrogen) atoms. The van der Waals surface area contributed by atoms with Gasteiger partial charge in [0.15, 0.2) is 5.60 Å². The van der Waals surface area contributed by atoms with Crippen LogP contribution in [0.3, 0.4) is 0 Å². The van der Waals surface area contributed by atoms with Crippen LogP contribution in [0.1, 0.15) is 34.1 Å². The zero-order valence-corrected chi connectivity index (χ0v) is 15.9. The van der Waals surface area contributed by atoms with E-state index in [0.29, 0.717) is 12.6 Å². The van der Waals surface area contributed by atoms with Gasteiger partial charge in [0.2, 0.25) is 8.32 Å². The van der Waals surface area contributed by atoms with Crippen molar-refractivity contribution in [2.24, 2.45) is 0 Å². The molecule has 0 amide bonds. The summed E-state index contributed by atoms with van der Waals surface area (Å²) < 4.78 is 22.7. The summed E-state index contributed by atoms with van der Waals surface area (Å²) in [5.74, 6) is 0.578. The molecule has 0 N–H and O–H groups in total. The average molecular weight is 317 g/mol. The van der Waals surface area contributed by atoms with Crippen LogP contribution in [-0.4, -0.2) is 34.4 Å². The van der Waals surface area contributed by atoms with Gasteiger partial charge in [0.25, 0.3) is 5.95 Å². The Balaban J connectivity index is 5.14. The fourth-order valence-electron chi connectivity index (χ4n) is 1.84. The van der Waals surface area contributed by atoms with Gasteiger partial charge in [-0.3, -0.25) is 0 Å². The molecule has 0 fully saturated rings. The Morgan fingerprint density at radius 3 is 2.19 bits per heavy atom. The Labute approximate surface area is 131 Å². The van der Waals surface area contributed by atoms with E-state index in [-0.39, 0.29) is 6.79 Å². The number of ether oxygens (including phenoxy) is 3. The molecule has 1 atom stereocenters. The summed E-state index contributed by atoms with van der Waals surface area (Å²) in [6, 6.07) is 0. The summed E-state index contributed by atoms with van der Waals surface area (Å²) in [7, 11) is -0.0992. The van der Waals surface area contributed by atoms with Crippen LogP contribution < -0.4 is 0 Å². The fraction of sp³-hybridized carbons (Fsp3) is 0.750. The summed E-state index contributed by atoms with van der Waals surface area (Å²) >= 11 is 0. The van der Waals surface area contributed by atoms with Crippen molar-refractivity contribution in [1.82, 2.24) is 0 Å². The lowest BCUT2D eigenvalue weighted by molar-refractivity contribution is -0.109. The van der Waals surface area contributed by atoms with Crippen molar-refractivity contribution in [3.8, 4) is 0 Å². The topological polar surface area (TPSA) is 36.9 Å². The lowest BCUT2D eigenvalue weighted by atomic mass is 9.99. The first kappa shape index (κ1) is 20.2. The molecule has 0 aromatic carbocycles. The molecule has 0 aliphatic rings. The van der Waals surface area contributed by atoms with Crippen molar-refractivity contribution in [1.29, 1.82) is 0 Å². The highest BCUT2D eigenvalue weighted by Crippen LogP contribution is 2.26. The highest BCUT2D eigenvalue weighted by molar-refractivity contribution is 6.69. The van der Waals surface area contributed by atoms with Gasteiger partial charge in [0, 0.05) is 7.11 Å². The molecule has 0 aliphatic carbocycles. The number of allylic oxidation sites excluding steroid dienone is 2. The molecule has 0 bridgehead atoms. The Hall–Kier alpha value is -0.783. The highest BCUT2D eigenvalue weighted by Gasteiger charge is 2.31. The van der Waals surface area contributed by atoms with E-state index in [4.69, 9.17) is 18.6 Å². The molecule has 0 spiro atoms. The maximum atomic E-state index is 6.19. The van der Waals surface area contributed by atoms with Crippen LogP contribution in [0.25, 0.3) is 0 Å². The first-order valence-corrected chi connectivity index (χ1v) is 10.9. The second-order valence-corrected chi connectivity index (χ2v) is 10.7. The quantitative estimate of drug-likeness (QED) is 0.196. The minimum Gasteiger partial charge on any atom is -0.520 e. The second-order valence-electron chi connectivity index (χ2n) is 6.32. The zero-order valence-electron chi connectivity index (χ0n) is 14.9. The molecular formula is C16H32O4Si. The number of hydrogen-bond donors (Lipinski definition) is 0. The fourth-order valence-corrected chi connectivity index (χ4v) is 2.60. The number of methoxy groups -OCH3 is 1. The molecule has 0 radical (unpaired) electrons. The zero-order chi connectivity index (χ0) is 16.5. The first-order valence-electron chi connectivity index (χ1n) is 7.45. The molecular weight excluding hydrogens is 284 g/mol. The molecule has 5 heteroatoms. The van der Waals surface area contributed by atoms with Crippen LogP contribution >= 0.6 is 0 Å². The van der Waals surface area contributed by atoms with Gasteiger partial charge in [-0.05, 0) is 59.0 Å². The summed E-state index contributed by atoms with van der Waals surface area (Å²) in [6.45, 7) is 15.2. The van der Waals surface area contributed by atoms with Gasteiger partial charge >= 0.3 is 0 Å². The maximum Gasteiger partial charge on any atom is 0.261 e. The van der Waals surface area contributed by atoms with Crippen molar-refractivity contribution >= 4 is 8.32 Å². The Bertz CT molecular complexity index is 354. The second kappa shape index (κ2) is 9.28. The smallest absolute Gasteiger partial charge is 0.261 e.